The quantitative estimate of drug-likeness (QED) is 0.610. The molecule has 1 aromatic rings. The Morgan fingerprint density at radius 1 is 1.25 bits per heavy atom. The number of carbonyl (C=O) groups is 3. The molecule has 1 aromatic heterocycles. The van der Waals surface area contributed by atoms with Gasteiger partial charge in [-0.3, -0.25) is 10.1 Å². The number of amides is 3. The number of nitrogens with one attached hydrogen (secondary N) is 2. The van der Waals surface area contributed by atoms with Crippen molar-refractivity contribution in [2.24, 2.45) is 0 Å². The van der Waals surface area contributed by atoms with Crippen molar-refractivity contribution >= 4 is 29.2 Å². The molecule has 0 bridgehead atoms. The molecule has 0 radical (unpaired) electrons. The molecule has 0 spiro atoms. The average Bonchev–Trinajstić information content (AvgIpc) is 3.00. The van der Waals surface area contributed by atoms with E-state index < -0.39 is 24.5 Å². The molecule has 7 heteroatoms. The zero-order chi connectivity index (χ0) is 17.4. The molecule has 2 rings (SSSR count). The molecular weight excluding hydrogens is 328 g/mol. The maximum atomic E-state index is 11.7. The maximum Gasteiger partial charge on any atom is 0.348 e. The van der Waals surface area contributed by atoms with Crippen molar-refractivity contribution in [1.29, 1.82) is 0 Å². The average molecular weight is 350 g/mol. The van der Waals surface area contributed by atoms with Crippen LogP contribution in [0, 0.1) is 6.92 Å². The van der Waals surface area contributed by atoms with Gasteiger partial charge in [0.2, 0.25) is 0 Å². The second kappa shape index (κ2) is 9.22. The van der Waals surface area contributed by atoms with Crippen LogP contribution in [0.15, 0.2) is 23.8 Å². The second-order valence-electron chi connectivity index (χ2n) is 5.65. The molecule has 130 valence electrons. The summed E-state index contributed by atoms with van der Waals surface area (Å²) in [7, 11) is 0. The lowest BCUT2D eigenvalue weighted by Crippen LogP contribution is -2.41. The predicted octanol–water partition coefficient (Wildman–Crippen LogP) is 2.93. The van der Waals surface area contributed by atoms with Crippen molar-refractivity contribution in [2.45, 2.75) is 39.0 Å². The Morgan fingerprint density at radius 3 is 2.75 bits per heavy atom. The SMILES string of the molecule is Cc1ccc(C(=O)OCC(=O)NC(=O)NCCC2=CCCCC2)s1. The van der Waals surface area contributed by atoms with Crippen LogP contribution in [0.5, 0.6) is 0 Å². The molecule has 0 aromatic carbocycles. The van der Waals surface area contributed by atoms with E-state index in [2.05, 4.69) is 16.7 Å². The highest BCUT2D eigenvalue weighted by Crippen LogP contribution is 2.19. The number of ether oxygens (including phenoxy) is 1. The summed E-state index contributed by atoms with van der Waals surface area (Å²) in [5.74, 6) is -1.21. The Hall–Kier alpha value is -2.15. The van der Waals surface area contributed by atoms with Gasteiger partial charge in [-0.15, -0.1) is 11.3 Å². The standard InChI is InChI=1S/C17H22N2O4S/c1-12-7-8-14(24-12)16(21)23-11-15(20)19-17(22)18-10-9-13-5-3-2-4-6-13/h5,7-8H,2-4,6,9-11H2,1H3,(H2,18,19,20,22). The molecule has 0 fully saturated rings. The van der Waals surface area contributed by atoms with E-state index in [1.807, 2.05) is 6.92 Å². The second-order valence-corrected chi connectivity index (χ2v) is 6.94. The largest absolute Gasteiger partial charge is 0.451 e. The summed E-state index contributed by atoms with van der Waals surface area (Å²) >= 11 is 1.30. The molecule has 0 unspecified atom stereocenters. The first-order chi connectivity index (χ1) is 11.5. The van der Waals surface area contributed by atoms with Crippen LogP contribution >= 0.6 is 11.3 Å². The zero-order valence-electron chi connectivity index (χ0n) is 13.7. The lowest BCUT2D eigenvalue weighted by molar-refractivity contribution is -0.123. The van der Waals surface area contributed by atoms with Gasteiger partial charge in [0, 0.05) is 11.4 Å². The van der Waals surface area contributed by atoms with E-state index in [0.29, 0.717) is 11.4 Å². The highest BCUT2D eigenvalue weighted by atomic mass is 32.1. The summed E-state index contributed by atoms with van der Waals surface area (Å²) in [6, 6.07) is 2.88. The fourth-order valence-electron chi connectivity index (χ4n) is 2.42. The van der Waals surface area contributed by atoms with Gasteiger partial charge in [0.25, 0.3) is 5.91 Å². The first-order valence-corrected chi connectivity index (χ1v) is 8.85. The molecule has 0 saturated heterocycles. The van der Waals surface area contributed by atoms with Crippen LogP contribution in [0.2, 0.25) is 0 Å². The first-order valence-electron chi connectivity index (χ1n) is 8.04. The minimum Gasteiger partial charge on any atom is -0.451 e. The molecular formula is C17H22N2O4S. The van der Waals surface area contributed by atoms with Crippen molar-refractivity contribution < 1.29 is 19.1 Å². The van der Waals surface area contributed by atoms with Crippen LogP contribution in [0.4, 0.5) is 4.79 Å². The predicted molar refractivity (Wildman–Crippen MR) is 92.0 cm³/mol. The van der Waals surface area contributed by atoms with E-state index >= 15 is 0 Å². The summed E-state index contributed by atoms with van der Waals surface area (Å²) in [6.07, 6.45) is 7.64. The third kappa shape index (κ3) is 6.16. The normalized spacial score (nSPS) is 13.8. The van der Waals surface area contributed by atoms with Gasteiger partial charge in [0.05, 0.1) is 0 Å². The molecule has 24 heavy (non-hydrogen) atoms. The van der Waals surface area contributed by atoms with E-state index in [1.54, 1.807) is 12.1 Å². The minimum absolute atomic E-state index is 0.436. The van der Waals surface area contributed by atoms with Crippen molar-refractivity contribution in [3.05, 3.63) is 33.5 Å². The summed E-state index contributed by atoms with van der Waals surface area (Å²) in [5.41, 5.74) is 1.35. The fraction of sp³-hybridized carbons (Fsp3) is 0.471. The first kappa shape index (κ1) is 18.2. The van der Waals surface area contributed by atoms with Crippen LogP contribution in [-0.2, 0) is 9.53 Å². The van der Waals surface area contributed by atoms with E-state index in [9.17, 15) is 14.4 Å². The Balaban J connectivity index is 1.61. The van der Waals surface area contributed by atoms with Crippen molar-refractivity contribution in [3.8, 4) is 0 Å². The van der Waals surface area contributed by atoms with Crippen molar-refractivity contribution in [1.82, 2.24) is 10.6 Å². The number of hydrogen-bond donors (Lipinski definition) is 2. The Morgan fingerprint density at radius 2 is 2.08 bits per heavy atom. The third-order valence-corrected chi connectivity index (χ3v) is 4.63. The lowest BCUT2D eigenvalue weighted by atomic mass is 9.97. The molecule has 1 aliphatic carbocycles. The van der Waals surface area contributed by atoms with E-state index in [-0.39, 0.29) is 0 Å². The minimum atomic E-state index is -0.647. The molecule has 1 aliphatic rings. The number of rotatable bonds is 6. The number of thiophene rings is 1. The lowest BCUT2D eigenvalue weighted by Gasteiger charge is -2.13. The summed E-state index contributed by atoms with van der Waals surface area (Å²) in [6.45, 7) is 1.88. The highest BCUT2D eigenvalue weighted by molar-refractivity contribution is 7.13. The number of hydrogen-bond acceptors (Lipinski definition) is 5. The van der Waals surface area contributed by atoms with Gasteiger partial charge in [-0.1, -0.05) is 11.6 Å². The Kier molecular flexibility index (Phi) is 6.99. The topological polar surface area (TPSA) is 84.5 Å². The molecule has 0 saturated carbocycles. The van der Waals surface area contributed by atoms with Gasteiger partial charge in [-0.25, -0.2) is 9.59 Å². The van der Waals surface area contributed by atoms with Crippen LogP contribution in [0.25, 0.3) is 0 Å². The fourth-order valence-corrected chi connectivity index (χ4v) is 3.18. The highest BCUT2D eigenvalue weighted by Gasteiger charge is 2.13. The van der Waals surface area contributed by atoms with Crippen LogP contribution < -0.4 is 10.6 Å². The van der Waals surface area contributed by atoms with Gasteiger partial charge in [0.1, 0.15) is 4.88 Å². The number of aryl methyl sites for hydroxylation is 1. The van der Waals surface area contributed by atoms with Gasteiger partial charge < -0.3 is 10.1 Å². The summed E-state index contributed by atoms with van der Waals surface area (Å²) < 4.78 is 4.87. The smallest absolute Gasteiger partial charge is 0.348 e. The molecule has 6 nitrogen and oxygen atoms in total. The monoisotopic (exact) mass is 350 g/mol. The van der Waals surface area contributed by atoms with Crippen molar-refractivity contribution in [2.75, 3.05) is 13.2 Å². The number of esters is 1. The van der Waals surface area contributed by atoms with Gasteiger partial charge in [0.15, 0.2) is 6.61 Å². The van der Waals surface area contributed by atoms with E-state index in [4.69, 9.17) is 4.74 Å². The van der Waals surface area contributed by atoms with E-state index in [1.165, 1.54) is 29.8 Å². The number of urea groups is 1. The zero-order valence-corrected chi connectivity index (χ0v) is 14.5. The summed E-state index contributed by atoms with van der Waals surface area (Å²) in [5, 5.41) is 4.78. The van der Waals surface area contributed by atoms with Gasteiger partial charge in [-0.2, -0.15) is 0 Å². The molecule has 2 N–H and O–H groups in total. The van der Waals surface area contributed by atoms with Crippen molar-refractivity contribution in [3.63, 3.8) is 0 Å². The molecule has 0 atom stereocenters. The summed E-state index contributed by atoms with van der Waals surface area (Å²) in [4.78, 5) is 36.3. The van der Waals surface area contributed by atoms with Crippen LogP contribution in [-0.4, -0.2) is 31.1 Å². The molecule has 1 heterocycles. The number of imide groups is 1. The molecule has 3 amide bonds. The Labute approximate surface area is 145 Å². The Bertz CT molecular complexity index is 636. The van der Waals surface area contributed by atoms with E-state index in [0.717, 1.165) is 24.1 Å². The van der Waals surface area contributed by atoms with Crippen LogP contribution in [0.3, 0.4) is 0 Å². The third-order valence-electron chi connectivity index (χ3n) is 3.65. The van der Waals surface area contributed by atoms with Crippen LogP contribution in [0.1, 0.15) is 46.7 Å². The number of carbonyl (C=O) groups excluding carboxylic acids is 3. The number of allylic oxidation sites excluding steroid dienone is 1. The van der Waals surface area contributed by atoms with Gasteiger partial charge >= 0.3 is 12.0 Å². The maximum absolute atomic E-state index is 11.7. The molecule has 0 aliphatic heterocycles. The van der Waals surface area contributed by atoms with Gasteiger partial charge in [-0.05, 0) is 51.2 Å².